The number of hydrogen-bond donors (Lipinski definition) is 2. The van der Waals surface area contributed by atoms with Crippen molar-refractivity contribution in [1.29, 1.82) is 0 Å². The Morgan fingerprint density at radius 3 is 2.54 bits per heavy atom. The molecule has 0 radical (unpaired) electrons. The third-order valence-corrected chi connectivity index (χ3v) is 4.40. The lowest BCUT2D eigenvalue weighted by atomic mass is 10.0. The topological polar surface area (TPSA) is 45.7 Å². The first-order chi connectivity index (χ1) is 11.3. The average molecular weight is 445 g/mol. The van der Waals surface area contributed by atoms with E-state index < -0.39 is 0 Å². The molecular weight excluding hydrogens is 413 g/mol. The van der Waals surface area contributed by atoms with Crippen molar-refractivity contribution in [3.05, 3.63) is 35.9 Å². The average Bonchev–Trinajstić information content (AvgIpc) is 3.34. The summed E-state index contributed by atoms with van der Waals surface area (Å²) in [7, 11) is 0. The zero-order chi connectivity index (χ0) is 16.4. The molecule has 0 heterocycles. The standard InChI is InChI=1S/C19H31N3O.HI/c1-3-20-18(21-14-10-17-8-6-5-7-9-17)22-16-19(11-12-19)13-15-23-4-2;/h5-9H,3-4,10-16H2,1-2H3,(H2,20,21,22);1H. The van der Waals surface area contributed by atoms with E-state index in [1.54, 1.807) is 0 Å². The normalized spacial score (nSPS) is 15.5. The lowest BCUT2D eigenvalue weighted by molar-refractivity contribution is 0.129. The van der Waals surface area contributed by atoms with Gasteiger partial charge in [0, 0.05) is 32.8 Å². The molecule has 1 saturated carbocycles. The van der Waals surface area contributed by atoms with E-state index in [0.29, 0.717) is 5.41 Å². The van der Waals surface area contributed by atoms with E-state index in [4.69, 9.17) is 9.73 Å². The van der Waals surface area contributed by atoms with Crippen LogP contribution in [0.2, 0.25) is 0 Å². The molecule has 2 rings (SSSR count). The number of nitrogens with zero attached hydrogens (tertiary/aromatic N) is 1. The second-order valence-electron chi connectivity index (χ2n) is 6.30. The Balaban J connectivity index is 0.00000288. The molecule has 136 valence electrons. The Labute approximate surface area is 163 Å². The van der Waals surface area contributed by atoms with Gasteiger partial charge in [-0.3, -0.25) is 4.99 Å². The molecule has 0 aliphatic heterocycles. The van der Waals surface area contributed by atoms with Crippen LogP contribution in [0.3, 0.4) is 0 Å². The van der Waals surface area contributed by atoms with Gasteiger partial charge in [0.05, 0.1) is 0 Å². The SMILES string of the molecule is CCNC(=NCC1(CCOCC)CC1)NCCc1ccccc1.I. The van der Waals surface area contributed by atoms with E-state index in [1.165, 1.54) is 18.4 Å². The fraction of sp³-hybridized carbons (Fsp3) is 0.632. The van der Waals surface area contributed by atoms with E-state index in [1.807, 2.05) is 0 Å². The summed E-state index contributed by atoms with van der Waals surface area (Å²) in [5.74, 6) is 0.936. The van der Waals surface area contributed by atoms with Crippen LogP contribution in [0, 0.1) is 5.41 Å². The molecule has 24 heavy (non-hydrogen) atoms. The van der Waals surface area contributed by atoms with Crippen LogP contribution in [0.15, 0.2) is 35.3 Å². The Bertz CT molecular complexity index is 475. The maximum absolute atomic E-state index is 5.50. The highest BCUT2D eigenvalue weighted by Gasteiger charge is 2.41. The summed E-state index contributed by atoms with van der Waals surface area (Å²) in [6, 6.07) is 10.6. The maximum atomic E-state index is 5.50. The summed E-state index contributed by atoms with van der Waals surface area (Å²) >= 11 is 0. The van der Waals surface area contributed by atoms with Gasteiger partial charge in [0.1, 0.15) is 0 Å². The minimum absolute atomic E-state index is 0. The molecule has 1 aromatic carbocycles. The zero-order valence-corrected chi connectivity index (χ0v) is 17.3. The van der Waals surface area contributed by atoms with Crippen LogP contribution in [0.5, 0.6) is 0 Å². The quantitative estimate of drug-likeness (QED) is 0.250. The first-order valence-corrected chi connectivity index (χ1v) is 8.92. The molecule has 1 aromatic rings. The van der Waals surface area contributed by atoms with Crippen molar-refractivity contribution < 1.29 is 4.74 Å². The molecule has 0 bridgehead atoms. The third kappa shape index (κ3) is 7.83. The molecule has 1 aliphatic carbocycles. The molecule has 0 spiro atoms. The van der Waals surface area contributed by atoms with Crippen molar-refractivity contribution >= 4 is 29.9 Å². The predicted octanol–water partition coefficient (Wildman–Crippen LogP) is 3.61. The van der Waals surface area contributed by atoms with Gasteiger partial charge in [0.2, 0.25) is 0 Å². The van der Waals surface area contributed by atoms with Gasteiger partial charge < -0.3 is 15.4 Å². The van der Waals surface area contributed by atoms with Crippen LogP contribution < -0.4 is 10.6 Å². The molecule has 0 saturated heterocycles. The number of benzene rings is 1. The van der Waals surface area contributed by atoms with E-state index in [9.17, 15) is 0 Å². The van der Waals surface area contributed by atoms with Gasteiger partial charge in [0.15, 0.2) is 5.96 Å². The molecule has 0 amide bonds. The fourth-order valence-corrected chi connectivity index (χ4v) is 2.66. The van der Waals surface area contributed by atoms with Gasteiger partial charge in [0.25, 0.3) is 0 Å². The Kier molecular flexibility index (Phi) is 10.3. The van der Waals surface area contributed by atoms with Crippen LogP contribution in [0.1, 0.15) is 38.7 Å². The largest absolute Gasteiger partial charge is 0.382 e. The van der Waals surface area contributed by atoms with Crippen molar-refractivity contribution in [2.24, 2.45) is 10.4 Å². The predicted molar refractivity (Wildman–Crippen MR) is 112 cm³/mol. The van der Waals surface area contributed by atoms with Crippen LogP contribution in [-0.2, 0) is 11.2 Å². The fourth-order valence-electron chi connectivity index (χ4n) is 2.66. The molecule has 0 aromatic heterocycles. The minimum Gasteiger partial charge on any atom is -0.382 e. The molecule has 5 heteroatoms. The van der Waals surface area contributed by atoms with E-state index in [2.05, 4.69) is 54.8 Å². The number of rotatable bonds is 10. The zero-order valence-electron chi connectivity index (χ0n) is 15.0. The van der Waals surface area contributed by atoms with Gasteiger partial charge in [-0.05, 0) is 50.5 Å². The molecule has 2 N–H and O–H groups in total. The smallest absolute Gasteiger partial charge is 0.191 e. The first kappa shape index (κ1) is 21.2. The van der Waals surface area contributed by atoms with Gasteiger partial charge in [-0.1, -0.05) is 30.3 Å². The highest BCUT2D eigenvalue weighted by molar-refractivity contribution is 14.0. The van der Waals surface area contributed by atoms with Gasteiger partial charge in [-0.25, -0.2) is 0 Å². The number of aliphatic imine (C=N–C) groups is 1. The Morgan fingerprint density at radius 1 is 1.17 bits per heavy atom. The van der Waals surface area contributed by atoms with Gasteiger partial charge >= 0.3 is 0 Å². The number of guanidine groups is 1. The van der Waals surface area contributed by atoms with Gasteiger partial charge in [-0.2, -0.15) is 0 Å². The van der Waals surface area contributed by atoms with Crippen LogP contribution in [0.25, 0.3) is 0 Å². The number of halogens is 1. The molecule has 1 aliphatic rings. The summed E-state index contributed by atoms with van der Waals surface area (Å²) in [6.45, 7) is 8.53. The Hall–Kier alpha value is -0.820. The van der Waals surface area contributed by atoms with Crippen molar-refractivity contribution in [3.63, 3.8) is 0 Å². The Morgan fingerprint density at radius 2 is 1.92 bits per heavy atom. The number of hydrogen-bond acceptors (Lipinski definition) is 2. The molecule has 0 unspecified atom stereocenters. The summed E-state index contributed by atoms with van der Waals surface area (Å²) < 4.78 is 5.50. The summed E-state index contributed by atoms with van der Waals surface area (Å²) in [5.41, 5.74) is 1.75. The van der Waals surface area contributed by atoms with Crippen LogP contribution in [-0.4, -0.2) is 38.8 Å². The monoisotopic (exact) mass is 445 g/mol. The van der Waals surface area contributed by atoms with E-state index in [0.717, 1.165) is 51.6 Å². The molecule has 4 nitrogen and oxygen atoms in total. The maximum Gasteiger partial charge on any atom is 0.191 e. The van der Waals surface area contributed by atoms with Crippen molar-refractivity contribution in [2.45, 2.75) is 39.5 Å². The van der Waals surface area contributed by atoms with E-state index in [-0.39, 0.29) is 24.0 Å². The lowest BCUT2D eigenvalue weighted by Crippen LogP contribution is -2.38. The van der Waals surface area contributed by atoms with Gasteiger partial charge in [-0.15, -0.1) is 24.0 Å². The second-order valence-corrected chi connectivity index (χ2v) is 6.30. The summed E-state index contributed by atoms with van der Waals surface area (Å²) in [6.07, 6.45) is 4.72. The van der Waals surface area contributed by atoms with Crippen molar-refractivity contribution in [1.82, 2.24) is 10.6 Å². The van der Waals surface area contributed by atoms with Crippen LogP contribution >= 0.6 is 24.0 Å². The van der Waals surface area contributed by atoms with Crippen molar-refractivity contribution in [2.75, 3.05) is 32.8 Å². The molecule has 0 atom stereocenters. The van der Waals surface area contributed by atoms with E-state index >= 15 is 0 Å². The summed E-state index contributed by atoms with van der Waals surface area (Å²) in [4.78, 5) is 4.80. The lowest BCUT2D eigenvalue weighted by Gasteiger charge is -2.15. The number of ether oxygens (including phenoxy) is 1. The number of nitrogens with one attached hydrogen (secondary N) is 2. The summed E-state index contributed by atoms with van der Waals surface area (Å²) in [5, 5.41) is 6.79. The molecular formula is C19H32IN3O. The van der Waals surface area contributed by atoms with Crippen molar-refractivity contribution in [3.8, 4) is 0 Å². The highest BCUT2D eigenvalue weighted by Crippen LogP contribution is 2.48. The molecule has 1 fully saturated rings. The third-order valence-electron chi connectivity index (χ3n) is 4.40. The second kappa shape index (κ2) is 11.7. The van der Waals surface area contributed by atoms with Crippen LogP contribution in [0.4, 0.5) is 0 Å². The minimum atomic E-state index is 0. The first-order valence-electron chi connectivity index (χ1n) is 8.92. The highest BCUT2D eigenvalue weighted by atomic mass is 127.